The van der Waals surface area contributed by atoms with Crippen molar-refractivity contribution in [3.63, 3.8) is 0 Å². The third kappa shape index (κ3) is 5.06. The molecule has 2 heterocycles. The summed E-state index contributed by atoms with van der Waals surface area (Å²) < 4.78 is 11.1. The summed E-state index contributed by atoms with van der Waals surface area (Å²) in [6.45, 7) is 0.994. The summed E-state index contributed by atoms with van der Waals surface area (Å²) >= 11 is 0. The van der Waals surface area contributed by atoms with E-state index >= 15 is 0 Å². The molecule has 1 fully saturated rings. The lowest BCUT2D eigenvalue weighted by Crippen LogP contribution is -2.34. The smallest absolute Gasteiger partial charge is 0.261 e. The molecule has 1 aromatic heterocycles. The Balaban J connectivity index is 1.44. The van der Waals surface area contributed by atoms with Crippen LogP contribution in [0.1, 0.15) is 24.2 Å². The standard InChI is InChI=1S/C24H24N2O5/c27-22-10-2-1-6-18(22)15-25(16-21-9-5-13-30-21)24(29)17-31-20-8-3-7-19(14-20)26-12-4-11-23(26)28/h1-3,5-10,13-14,27H,4,11-12,15-17H2. The van der Waals surface area contributed by atoms with Crippen LogP contribution in [0.3, 0.4) is 0 Å². The van der Waals surface area contributed by atoms with Gasteiger partial charge in [0, 0.05) is 36.8 Å². The van der Waals surface area contributed by atoms with Gasteiger partial charge in [-0.1, -0.05) is 24.3 Å². The van der Waals surface area contributed by atoms with E-state index in [0.29, 0.717) is 30.0 Å². The maximum atomic E-state index is 13.0. The highest BCUT2D eigenvalue weighted by Crippen LogP contribution is 2.25. The average Bonchev–Trinajstić information content (AvgIpc) is 3.45. The SMILES string of the molecule is O=C(COc1cccc(N2CCCC2=O)c1)N(Cc1ccco1)Cc1ccccc1O. The minimum absolute atomic E-state index is 0.0977. The Labute approximate surface area is 180 Å². The van der Waals surface area contributed by atoms with Gasteiger partial charge >= 0.3 is 0 Å². The lowest BCUT2D eigenvalue weighted by molar-refractivity contribution is -0.135. The molecule has 0 radical (unpaired) electrons. The zero-order valence-corrected chi connectivity index (χ0v) is 17.1. The van der Waals surface area contributed by atoms with Gasteiger partial charge in [0.15, 0.2) is 6.61 Å². The maximum absolute atomic E-state index is 13.0. The zero-order chi connectivity index (χ0) is 21.6. The number of hydrogen-bond donors (Lipinski definition) is 1. The van der Waals surface area contributed by atoms with Crippen molar-refractivity contribution in [1.29, 1.82) is 0 Å². The molecule has 0 spiro atoms. The Bertz CT molecular complexity index is 1050. The molecule has 0 saturated carbocycles. The third-order valence-corrected chi connectivity index (χ3v) is 5.20. The summed E-state index contributed by atoms with van der Waals surface area (Å²) in [4.78, 5) is 28.3. The number of anilines is 1. The highest BCUT2D eigenvalue weighted by atomic mass is 16.5. The van der Waals surface area contributed by atoms with Gasteiger partial charge in [0.2, 0.25) is 5.91 Å². The Morgan fingerprint density at radius 3 is 2.71 bits per heavy atom. The van der Waals surface area contributed by atoms with Crippen molar-refractivity contribution in [2.24, 2.45) is 0 Å². The van der Waals surface area contributed by atoms with Crippen molar-refractivity contribution < 1.29 is 23.8 Å². The van der Waals surface area contributed by atoms with E-state index in [9.17, 15) is 14.7 Å². The molecular weight excluding hydrogens is 396 g/mol. The molecule has 0 atom stereocenters. The predicted octanol–water partition coefficient (Wildman–Crippen LogP) is 3.72. The van der Waals surface area contributed by atoms with E-state index < -0.39 is 0 Å². The number of phenolic OH excluding ortho intramolecular Hbond substituents is 1. The fourth-order valence-corrected chi connectivity index (χ4v) is 3.57. The molecule has 160 valence electrons. The van der Waals surface area contributed by atoms with Gasteiger partial charge in [-0.25, -0.2) is 0 Å². The van der Waals surface area contributed by atoms with Gasteiger partial charge < -0.3 is 24.1 Å². The minimum Gasteiger partial charge on any atom is -0.508 e. The predicted molar refractivity (Wildman–Crippen MR) is 115 cm³/mol. The Kier molecular flexibility index (Phi) is 6.21. The van der Waals surface area contributed by atoms with Crippen LogP contribution in [0.2, 0.25) is 0 Å². The molecule has 7 heteroatoms. The van der Waals surface area contributed by atoms with Crippen molar-refractivity contribution >= 4 is 17.5 Å². The van der Waals surface area contributed by atoms with E-state index in [1.54, 1.807) is 58.5 Å². The van der Waals surface area contributed by atoms with Crippen LogP contribution in [0.15, 0.2) is 71.3 Å². The van der Waals surface area contributed by atoms with Crippen LogP contribution in [0.4, 0.5) is 5.69 Å². The molecule has 1 aliphatic heterocycles. The summed E-state index contributed by atoms with van der Waals surface area (Å²) in [7, 11) is 0. The fraction of sp³-hybridized carbons (Fsp3) is 0.250. The number of carbonyl (C=O) groups is 2. The van der Waals surface area contributed by atoms with Crippen molar-refractivity contribution in [2.45, 2.75) is 25.9 Å². The van der Waals surface area contributed by atoms with E-state index in [4.69, 9.17) is 9.15 Å². The van der Waals surface area contributed by atoms with Crippen LogP contribution in [-0.2, 0) is 22.7 Å². The second-order valence-corrected chi connectivity index (χ2v) is 7.39. The maximum Gasteiger partial charge on any atom is 0.261 e. The number of rotatable bonds is 8. The molecule has 0 unspecified atom stereocenters. The summed E-state index contributed by atoms with van der Waals surface area (Å²) in [5.41, 5.74) is 1.41. The van der Waals surface area contributed by atoms with Gasteiger partial charge in [0.25, 0.3) is 5.91 Å². The number of phenols is 1. The second kappa shape index (κ2) is 9.38. The van der Waals surface area contributed by atoms with Crippen LogP contribution in [0.5, 0.6) is 11.5 Å². The van der Waals surface area contributed by atoms with Crippen molar-refractivity contribution in [3.05, 3.63) is 78.3 Å². The van der Waals surface area contributed by atoms with Crippen LogP contribution in [0, 0.1) is 0 Å². The number of hydrogen-bond acceptors (Lipinski definition) is 5. The average molecular weight is 420 g/mol. The second-order valence-electron chi connectivity index (χ2n) is 7.39. The molecule has 2 aromatic carbocycles. The molecule has 0 bridgehead atoms. The lowest BCUT2D eigenvalue weighted by atomic mass is 10.2. The van der Waals surface area contributed by atoms with Crippen LogP contribution in [-0.4, -0.2) is 35.0 Å². The summed E-state index contributed by atoms with van der Waals surface area (Å²) in [6, 6.07) is 17.7. The third-order valence-electron chi connectivity index (χ3n) is 5.20. The highest BCUT2D eigenvalue weighted by Gasteiger charge is 2.22. The fourth-order valence-electron chi connectivity index (χ4n) is 3.57. The first-order valence-corrected chi connectivity index (χ1v) is 10.2. The normalized spacial score (nSPS) is 13.4. The largest absolute Gasteiger partial charge is 0.508 e. The number of ether oxygens (including phenoxy) is 1. The summed E-state index contributed by atoms with van der Waals surface area (Å²) in [5.74, 6) is 1.14. The van der Waals surface area contributed by atoms with Gasteiger partial charge in [-0.2, -0.15) is 0 Å². The first-order valence-electron chi connectivity index (χ1n) is 10.2. The van der Waals surface area contributed by atoms with Crippen LogP contribution < -0.4 is 9.64 Å². The number of aromatic hydroxyl groups is 1. The Morgan fingerprint density at radius 2 is 1.97 bits per heavy atom. The Hall–Kier alpha value is -3.74. The van der Waals surface area contributed by atoms with E-state index in [2.05, 4.69) is 0 Å². The van der Waals surface area contributed by atoms with Crippen molar-refractivity contribution in [2.75, 3.05) is 18.1 Å². The molecular formula is C24H24N2O5. The molecule has 3 aromatic rings. The molecule has 7 nitrogen and oxygen atoms in total. The zero-order valence-electron chi connectivity index (χ0n) is 17.1. The summed E-state index contributed by atoms with van der Waals surface area (Å²) in [6.07, 6.45) is 2.95. The monoisotopic (exact) mass is 420 g/mol. The molecule has 0 aliphatic carbocycles. The molecule has 1 saturated heterocycles. The van der Waals surface area contributed by atoms with Gasteiger partial charge in [-0.3, -0.25) is 9.59 Å². The van der Waals surface area contributed by atoms with Gasteiger partial charge in [0.1, 0.15) is 17.3 Å². The number of furan rings is 1. The number of benzene rings is 2. The molecule has 31 heavy (non-hydrogen) atoms. The van der Waals surface area contributed by atoms with E-state index in [-0.39, 0.29) is 37.3 Å². The van der Waals surface area contributed by atoms with Crippen LogP contribution in [0.25, 0.3) is 0 Å². The van der Waals surface area contributed by atoms with E-state index in [1.165, 1.54) is 0 Å². The van der Waals surface area contributed by atoms with E-state index in [1.807, 2.05) is 18.2 Å². The van der Waals surface area contributed by atoms with Gasteiger partial charge in [-0.05, 0) is 36.8 Å². The lowest BCUT2D eigenvalue weighted by Gasteiger charge is -2.23. The highest BCUT2D eigenvalue weighted by molar-refractivity contribution is 5.95. The van der Waals surface area contributed by atoms with Crippen molar-refractivity contribution in [3.8, 4) is 11.5 Å². The van der Waals surface area contributed by atoms with E-state index in [0.717, 1.165) is 12.1 Å². The van der Waals surface area contributed by atoms with Crippen molar-refractivity contribution in [1.82, 2.24) is 4.90 Å². The molecule has 4 rings (SSSR count). The molecule has 1 N–H and O–H groups in total. The number of amides is 2. The molecule has 1 aliphatic rings. The first-order chi connectivity index (χ1) is 15.1. The quantitative estimate of drug-likeness (QED) is 0.601. The van der Waals surface area contributed by atoms with Crippen LogP contribution >= 0.6 is 0 Å². The number of nitrogens with zero attached hydrogens (tertiary/aromatic N) is 2. The van der Waals surface area contributed by atoms with Gasteiger partial charge in [-0.15, -0.1) is 0 Å². The van der Waals surface area contributed by atoms with Gasteiger partial charge in [0.05, 0.1) is 12.8 Å². The first kappa shape index (κ1) is 20.5. The Morgan fingerprint density at radius 1 is 1.10 bits per heavy atom. The topological polar surface area (TPSA) is 83.2 Å². The number of carbonyl (C=O) groups excluding carboxylic acids is 2. The summed E-state index contributed by atoms with van der Waals surface area (Å²) in [5, 5.41) is 10.1. The molecule has 2 amide bonds. The minimum atomic E-state index is -0.248. The number of para-hydroxylation sites is 1.